The van der Waals surface area contributed by atoms with E-state index >= 15 is 0 Å². The van der Waals surface area contributed by atoms with E-state index in [-0.39, 0.29) is 23.0 Å². The zero-order valence-corrected chi connectivity index (χ0v) is 18.3. The zero-order valence-electron chi connectivity index (χ0n) is 17.5. The van der Waals surface area contributed by atoms with Crippen molar-refractivity contribution in [3.63, 3.8) is 0 Å². The first-order valence-electron chi connectivity index (χ1n) is 10.0. The number of anilines is 1. The molecule has 162 valence electrons. The molecule has 0 atom stereocenters. The van der Waals surface area contributed by atoms with E-state index in [9.17, 15) is 14.9 Å². The second-order valence-corrected chi connectivity index (χ2v) is 8.11. The monoisotopic (exact) mass is 455 g/mol. The van der Waals surface area contributed by atoms with Crippen molar-refractivity contribution in [1.82, 2.24) is 4.68 Å². The van der Waals surface area contributed by atoms with Crippen LogP contribution in [0.5, 0.6) is 0 Å². The summed E-state index contributed by atoms with van der Waals surface area (Å²) in [5.74, 6) is -0.231. The molecule has 33 heavy (non-hydrogen) atoms. The third-order valence-electron chi connectivity index (χ3n) is 5.28. The molecule has 3 aromatic carbocycles. The van der Waals surface area contributed by atoms with Crippen molar-refractivity contribution in [1.29, 1.82) is 0 Å². The molecule has 4 aromatic rings. The molecule has 1 aliphatic heterocycles. The minimum absolute atomic E-state index is 0.103. The van der Waals surface area contributed by atoms with Gasteiger partial charge in [-0.1, -0.05) is 60.7 Å². The lowest BCUT2D eigenvalue weighted by atomic mass is 10.1. The highest BCUT2D eigenvalue weighted by Gasteiger charge is 2.31. The third kappa shape index (κ3) is 3.64. The van der Waals surface area contributed by atoms with Gasteiger partial charge >= 0.3 is 0 Å². The number of benzene rings is 3. The molecule has 0 saturated heterocycles. The number of amides is 1. The third-order valence-corrected chi connectivity index (χ3v) is 6.09. The molecule has 0 radical (unpaired) electrons. The Kier molecular flexibility index (Phi) is 5.15. The minimum atomic E-state index is -0.466. The topological polar surface area (TPSA) is 93.1 Å². The van der Waals surface area contributed by atoms with Crippen molar-refractivity contribution in [2.24, 2.45) is 10.1 Å². The molecular formula is C24H17N5O3S. The SMILES string of the molecule is CN1C(=O)C(=Nn2c(-c3ccccc3)csc2=Nc2ccccc2[N+](=O)[O-])c2ccccc21. The van der Waals surface area contributed by atoms with Gasteiger partial charge in [0.15, 0.2) is 5.71 Å². The summed E-state index contributed by atoms with van der Waals surface area (Å²) in [5, 5.41) is 18.1. The number of carbonyl (C=O) groups excluding carboxylic acids is 1. The number of fused-ring (bicyclic) bond motifs is 1. The van der Waals surface area contributed by atoms with Crippen LogP contribution in [0.3, 0.4) is 0 Å². The molecule has 0 bridgehead atoms. The summed E-state index contributed by atoms with van der Waals surface area (Å²) in [7, 11) is 1.71. The van der Waals surface area contributed by atoms with Gasteiger partial charge in [-0.05, 0) is 12.1 Å². The zero-order chi connectivity index (χ0) is 22.9. The number of carbonyl (C=O) groups is 1. The highest BCUT2D eigenvalue weighted by Crippen LogP contribution is 2.29. The molecule has 1 amide bonds. The lowest BCUT2D eigenvalue weighted by Gasteiger charge is -2.07. The maximum atomic E-state index is 13.0. The highest BCUT2D eigenvalue weighted by molar-refractivity contribution is 7.07. The summed E-state index contributed by atoms with van der Waals surface area (Å²) in [6, 6.07) is 23.3. The van der Waals surface area contributed by atoms with E-state index < -0.39 is 4.92 Å². The van der Waals surface area contributed by atoms with E-state index in [4.69, 9.17) is 5.10 Å². The van der Waals surface area contributed by atoms with Crippen molar-refractivity contribution in [2.75, 3.05) is 11.9 Å². The van der Waals surface area contributed by atoms with Gasteiger partial charge in [-0.3, -0.25) is 14.9 Å². The average molecular weight is 455 g/mol. The number of hydrogen-bond donors (Lipinski definition) is 0. The van der Waals surface area contributed by atoms with Gasteiger partial charge in [0.2, 0.25) is 4.80 Å². The lowest BCUT2D eigenvalue weighted by Crippen LogP contribution is -2.27. The number of para-hydroxylation sites is 3. The number of nitro groups is 1. The van der Waals surface area contributed by atoms with E-state index in [1.54, 1.807) is 34.8 Å². The molecule has 1 aliphatic rings. The molecule has 5 rings (SSSR count). The summed E-state index contributed by atoms with van der Waals surface area (Å²) in [6.07, 6.45) is 0. The summed E-state index contributed by atoms with van der Waals surface area (Å²) >= 11 is 1.29. The molecule has 8 nitrogen and oxygen atoms in total. The van der Waals surface area contributed by atoms with Gasteiger partial charge < -0.3 is 4.90 Å². The largest absolute Gasteiger partial charge is 0.309 e. The number of nitro benzene ring substituents is 1. The molecular weight excluding hydrogens is 438 g/mol. The Balaban J connectivity index is 1.77. The molecule has 1 aromatic heterocycles. The fourth-order valence-electron chi connectivity index (χ4n) is 3.64. The van der Waals surface area contributed by atoms with Crippen molar-refractivity contribution >= 4 is 40.0 Å². The van der Waals surface area contributed by atoms with Crippen LogP contribution in [-0.2, 0) is 4.79 Å². The van der Waals surface area contributed by atoms with E-state index in [1.165, 1.54) is 17.4 Å². The molecule has 0 spiro atoms. The van der Waals surface area contributed by atoms with Crippen LogP contribution in [-0.4, -0.2) is 28.3 Å². The summed E-state index contributed by atoms with van der Waals surface area (Å²) in [4.78, 5) is 30.6. The Morgan fingerprint density at radius 3 is 2.42 bits per heavy atom. The van der Waals surface area contributed by atoms with Gasteiger partial charge in [0.25, 0.3) is 11.6 Å². The van der Waals surface area contributed by atoms with E-state index in [0.717, 1.165) is 22.5 Å². The molecule has 0 unspecified atom stereocenters. The fourth-order valence-corrected chi connectivity index (χ4v) is 4.49. The number of likely N-dealkylation sites (N-methyl/N-ethyl adjacent to an activating group) is 1. The first kappa shape index (κ1) is 20.5. The molecule has 2 heterocycles. The number of nitrogens with zero attached hydrogens (tertiary/aromatic N) is 5. The van der Waals surface area contributed by atoms with Gasteiger partial charge in [0.05, 0.1) is 16.3 Å². The van der Waals surface area contributed by atoms with Gasteiger partial charge in [0.1, 0.15) is 5.69 Å². The highest BCUT2D eigenvalue weighted by atomic mass is 32.1. The van der Waals surface area contributed by atoms with E-state index in [1.807, 2.05) is 60.0 Å². The molecule has 9 heteroatoms. The van der Waals surface area contributed by atoms with Crippen molar-refractivity contribution in [2.45, 2.75) is 0 Å². The van der Waals surface area contributed by atoms with Gasteiger partial charge in [0, 0.05) is 29.6 Å². The second-order valence-electron chi connectivity index (χ2n) is 7.27. The standard InChI is InChI=1S/C24H17N5O3S/c1-27-19-13-7-5-11-17(19)22(23(27)30)26-28-21(16-9-3-2-4-10-16)15-33-24(28)25-18-12-6-8-14-20(18)29(31)32/h2-15H,1H3. The predicted octanol–water partition coefficient (Wildman–Crippen LogP) is 4.59. The maximum Gasteiger partial charge on any atom is 0.294 e. The fraction of sp³-hybridized carbons (Fsp3) is 0.0417. The van der Waals surface area contributed by atoms with E-state index in [0.29, 0.717) is 4.80 Å². The van der Waals surface area contributed by atoms with E-state index in [2.05, 4.69) is 4.99 Å². The molecule has 0 fully saturated rings. The molecule has 0 aliphatic carbocycles. The van der Waals surface area contributed by atoms with Crippen LogP contribution in [0.1, 0.15) is 5.56 Å². The van der Waals surface area contributed by atoms with Crippen LogP contribution >= 0.6 is 11.3 Å². The second kappa shape index (κ2) is 8.29. The lowest BCUT2D eigenvalue weighted by molar-refractivity contribution is -0.384. The van der Waals surface area contributed by atoms with Crippen LogP contribution < -0.4 is 9.70 Å². The van der Waals surface area contributed by atoms with Gasteiger partial charge in [-0.25, -0.2) is 9.67 Å². The Hall–Kier alpha value is -4.37. The normalized spacial score (nSPS) is 14.7. The Morgan fingerprint density at radius 2 is 1.64 bits per heavy atom. The van der Waals surface area contributed by atoms with Gasteiger partial charge in [-0.15, -0.1) is 11.3 Å². The average Bonchev–Trinajstić information content (AvgIpc) is 3.34. The maximum absolute atomic E-state index is 13.0. The van der Waals surface area contributed by atoms with Crippen molar-refractivity contribution < 1.29 is 9.72 Å². The number of aromatic nitrogens is 1. The minimum Gasteiger partial charge on any atom is -0.309 e. The van der Waals surface area contributed by atoms with Crippen molar-refractivity contribution in [3.05, 3.63) is 105 Å². The van der Waals surface area contributed by atoms with Crippen LogP contribution in [0.15, 0.2) is 94.3 Å². The Labute approximate surface area is 192 Å². The summed E-state index contributed by atoms with van der Waals surface area (Å²) < 4.78 is 1.58. The Bertz CT molecular complexity index is 1490. The predicted molar refractivity (Wildman–Crippen MR) is 128 cm³/mol. The summed E-state index contributed by atoms with van der Waals surface area (Å²) in [5.41, 5.74) is 3.50. The first-order valence-corrected chi connectivity index (χ1v) is 10.9. The number of hydrogen-bond acceptors (Lipinski definition) is 6. The Morgan fingerprint density at radius 1 is 0.939 bits per heavy atom. The van der Waals surface area contributed by atoms with Crippen LogP contribution in [0, 0.1) is 10.1 Å². The van der Waals surface area contributed by atoms with Crippen LogP contribution in [0.2, 0.25) is 0 Å². The molecule has 0 N–H and O–H groups in total. The smallest absolute Gasteiger partial charge is 0.294 e. The quantitative estimate of drug-likeness (QED) is 0.333. The molecule has 0 saturated carbocycles. The number of rotatable bonds is 4. The number of thiazole rings is 1. The first-order chi connectivity index (χ1) is 16.0. The summed E-state index contributed by atoms with van der Waals surface area (Å²) in [6.45, 7) is 0. The van der Waals surface area contributed by atoms with Crippen molar-refractivity contribution in [3.8, 4) is 11.3 Å². The van der Waals surface area contributed by atoms with Crippen LogP contribution in [0.25, 0.3) is 11.3 Å². The van der Waals surface area contributed by atoms with Crippen LogP contribution in [0.4, 0.5) is 17.1 Å². The van der Waals surface area contributed by atoms with Gasteiger partial charge in [-0.2, -0.15) is 5.10 Å².